The molecular weight excluding hydrogens is 220 g/mol. The average Bonchev–Trinajstić information content (AvgIpc) is 2.80. The van der Waals surface area contributed by atoms with Crippen molar-refractivity contribution in [1.82, 2.24) is 4.90 Å². The van der Waals surface area contributed by atoms with Gasteiger partial charge in [-0.15, -0.1) is 0 Å². The minimum Gasteiger partial charge on any atom is -0.329 e. The lowest BCUT2D eigenvalue weighted by Crippen LogP contribution is -2.45. The van der Waals surface area contributed by atoms with Gasteiger partial charge in [0.2, 0.25) is 0 Å². The first-order chi connectivity index (χ1) is 8.85. The van der Waals surface area contributed by atoms with Gasteiger partial charge in [0.25, 0.3) is 0 Å². The minimum atomic E-state index is 0.688. The van der Waals surface area contributed by atoms with Crippen molar-refractivity contribution in [3.63, 3.8) is 0 Å². The van der Waals surface area contributed by atoms with Crippen molar-refractivity contribution < 1.29 is 0 Å². The Kier molecular flexibility index (Phi) is 5.97. The third-order valence-corrected chi connectivity index (χ3v) is 5.23. The highest BCUT2D eigenvalue weighted by Gasteiger charge is 2.30. The second kappa shape index (κ2) is 7.49. The Balaban J connectivity index is 1.86. The Hall–Kier alpha value is -0.0800. The van der Waals surface area contributed by atoms with Crippen LogP contribution in [0, 0.1) is 11.8 Å². The summed E-state index contributed by atoms with van der Waals surface area (Å²) in [5.74, 6) is 1.89. The van der Waals surface area contributed by atoms with Crippen LogP contribution in [0.2, 0.25) is 0 Å². The van der Waals surface area contributed by atoms with Gasteiger partial charge in [-0.3, -0.25) is 4.90 Å². The molecule has 0 spiro atoms. The third-order valence-electron chi connectivity index (χ3n) is 5.23. The topological polar surface area (TPSA) is 29.3 Å². The van der Waals surface area contributed by atoms with Gasteiger partial charge in [-0.25, -0.2) is 0 Å². The predicted molar refractivity (Wildman–Crippen MR) is 78.6 cm³/mol. The zero-order valence-electron chi connectivity index (χ0n) is 12.2. The van der Waals surface area contributed by atoms with Crippen LogP contribution in [-0.4, -0.2) is 30.6 Å². The lowest BCUT2D eigenvalue weighted by Gasteiger charge is -2.34. The molecule has 106 valence electrons. The van der Waals surface area contributed by atoms with Crippen molar-refractivity contribution in [3.05, 3.63) is 0 Å². The van der Waals surface area contributed by atoms with Gasteiger partial charge >= 0.3 is 0 Å². The Morgan fingerprint density at radius 2 is 1.83 bits per heavy atom. The standard InChI is InChI=1S/C16H32N2/c1-2-6-14-7-5-11-18(12-10-14)16(13-17)15-8-3-4-9-15/h14-16H,2-13,17H2,1H3. The minimum absolute atomic E-state index is 0.688. The lowest BCUT2D eigenvalue weighted by molar-refractivity contribution is 0.150. The maximum atomic E-state index is 6.09. The summed E-state index contributed by atoms with van der Waals surface area (Å²) in [6, 6.07) is 0.688. The van der Waals surface area contributed by atoms with Gasteiger partial charge in [-0.1, -0.05) is 32.6 Å². The van der Waals surface area contributed by atoms with Crippen molar-refractivity contribution in [1.29, 1.82) is 0 Å². The molecule has 0 bridgehead atoms. The SMILES string of the molecule is CCCC1CCCN(C(CN)C2CCCC2)CC1. The summed E-state index contributed by atoms with van der Waals surface area (Å²) < 4.78 is 0. The van der Waals surface area contributed by atoms with Crippen molar-refractivity contribution in [3.8, 4) is 0 Å². The van der Waals surface area contributed by atoms with E-state index >= 15 is 0 Å². The van der Waals surface area contributed by atoms with E-state index in [1.807, 2.05) is 0 Å². The lowest BCUT2D eigenvalue weighted by atomic mass is 9.95. The van der Waals surface area contributed by atoms with E-state index in [9.17, 15) is 0 Å². The monoisotopic (exact) mass is 252 g/mol. The van der Waals surface area contributed by atoms with Crippen LogP contribution in [0.4, 0.5) is 0 Å². The molecule has 0 radical (unpaired) electrons. The molecule has 1 heterocycles. The van der Waals surface area contributed by atoms with Gasteiger partial charge in [-0.05, 0) is 57.0 Å². The van der Waals surface area contributed by atoms with E-state index in [4.69, 9.17) is 5.73 Å². The fourth-order valence-electron chi connectivity index (χ4n) is 4.20. The molecule has 1 saturated heterocycles. The third kappa shape index (κ3) is 3.71. The number of rotatable bonds is 5. The van der Waals surface area contributed by atoms with Crippen LogP contribution < -0.4 is 5.73 Å². The number of nitrogens with two attached hydrogens (primary N) is 1. The normalized spacial score (nSPS) is 29.3. The first-order valence-corrected chi connectivity index (χ1v) is 8.29. The number of hydrogen-bond acceptors (Lipinski definition) is 2. The van der Waals surface area contributed by atoms with Gasteiger partial charge in [0.1, 0.15) is 0 Å². The molecule has 0 aromatic rings. The molecule has 0 aromatic heterocycles. The maximum absolute atomic E-state index is 6.09. The van der Waals surface area contributed by atoms with E-state index in [-0.39, 0.29) is 0 Å². The summed E-state index contributed by atoms with van der Waals surface area (Å²) in [7, 11) is 0. The van der Waals surface area contributed by atoms with Crippen molar-refractivity contribution >= 4 is 0 Å². The second-order valence-corrected chi connectivity index (χ2v) is 6.47. The molecule has 18 heavy (non-hydrogen) atoms. The molecule has 1 aliphatic carbocycles. The Bertz CT molecular complexity index is 223. The molecule has 1 aliphatic heterocycles. The highest BCUT2D eigenvalue weighted by molar-refractivity contribution is 4.85. The molecule has 2 unspecified atom stereocenters. The summed E-state index contributed by atoms with van der Waals surface area (Å²) in [6.07, 6.45) is 12.8. The molecular formula is C16H32N2. The molecule has 2 rings (SSSR count). The Labute approximate surface area is 113 Å². The molecule has 2 N–H and O–H groups in total. The molecule has 0 aromatic carbocycles. The molecule has 0 amide bonds. The molecule has 2 nitrogen and oxygen atoms in total. The highest BCUT2D eigenvalue weighted by Crippen LogP contribution is 2.32. The summed E-state index contributed by atoms with van der Waals surface area (Å²) in [5, 5.41) is 0. The Morgan fingerprint density at radius 3 is 2.50 bits per heavy atom. The smallest absolute Gasteiger partial charge is 0.0246 e. The van der Waals surface area contributed by atoms with Gasteiger partial charge in [0.15, 0.2) is 0 Å². The first-order valence-electron chi connectivity index (χ1n) is 8.29. The van der Waals surface area contributed by atoms with Crippen LogP contribution in [0.3, 0.4) is 0 Å². The quantitative estimate of drug-likeness (QED) is 0.812. The number of hydrogen-bond donors (Lipinski definition) is 1. The van der Waals surface area contributed by atoms with E-state index < -0.39 is 0 Å². The van der Waals surface area contributed by atoms with Gasteiger partial charge < -0.3 is 5.73 Å². The summed E-state index contributed by atoms with van der Waals surface area (Å²) in [5.41, 5.74) is 6.09. The van der Waals surface area contributed by atoms with Crippen LogP contribution >= 0.6 is 0 Å². The van der Waals surface area contributed by atoms with E-state index in [1.54, 1.807) is 0 Å². The maximum Gasteiger partial charge on any atom is 0.0246 e. The van der Waals surface area contributed by atoms with Crippen molar-refractivity contribution in [2.45, 2.75) is 70.8 Å². The molecule has 1 saturated carbocycles. The molecule has 2 atom stereocenters. The zero-order valence-corrected chi connectivity index (χ0v) is 12.2. The summed E-state index contributed by atoms with van der Waals surface area (Å²) in [6.45, 7) is 5.81. The highest BCUT2D eigenvalue weighted by atomic mass is 15.2. The van der Waals surface area contributed by atoms with E-state index in [0.717, 1.165) is 18.4 Å². The van der Waals surface area contributed by atoms with Crippen LogP contribution in [0.15, 0.2) is 0 Å². The van der Waals surface area contributed by atoms with Crippen LogP contribution in [0.25, 0.3) is 0 Å². The second-order valence-electron chi connectivity index (χ2n) is 6.47. The van der Waals surface area contributed by atoms with Crippen LogP contribution in [0.1, 0.15) is 64.7 Å². The van der Waals surface area contributed by atoms with Crippen LogP contribution in [-0.2, 0) is 0 Å². The fourth-order valence-corrected chi connectivity index (χ4v) is 4.20. The van der Waals surface area contributed by atoms with E-state index in [0.29, 0.717) is 6.04 Å². The largest absolute Gasteiger partial charge is 0.329 e. The molecule has 2 aliphatic rings. The predicted octanol–water partition coefficient (Wildman–Crippen LogP) is 3.41. The van der Waals surface area contributed by atoms with Crippen LogP contribution in [0.5, 0.6) is 0 Å². The Morgan fingerprint density at radius 1 is 1.06 bits per heavy atom. The van der Waals surface area contributed by atoms with Gasteiger partial charge in [0.05, 0.1) is 0 Å². The van der Waals surface area contributed by atoms with Gasteiger partial charge in [0, 0.05) is 12.6 Å². The molecule has 2 heteroatoms. The average molecular weight is 252 g/mol. The van der Waals surface area contributed by atoms with Crippen molar-refractivity contribution in [2.24, 2.45) is 17.6 Å². The first kappa shape index (κ1) is 14.3. The van der Waals surface area contributed by atoms with Crippen molar-refractivity contribution in [2.75, 3.05) is 19.6 Å². The van der Waals surface area contributed by atoms with E-state index in [1.165, 1.54) is 70.9 Å². The summed E-state index contributed by atoms with van der Waals surface area (Å²) >= 11 is 0. The fraction of sp³-hybridized carbons (Fsp3) is 1.00. The van der Waals surface area contributed by atoms with E-state index in [2.05, 4.69) is 11.8 Å². The number of likely N-dealkylation sites (tertiary alicyclic amines) is 1. The number of nitrogens with zero attached hydrogens (tertiary/aromatic N) is 1. The summed E-state index contributed by atoms with van der Waals surface area (Å²) in [4.78, 5) is 2.74. The zero-order chi connectivity index (χ0) is 12.8. The molecule has 2 fully saturated rings. The van der Waals surface area contributed by atoms with Gasteiger partial charge in [-0.2, -0.15) is 0 Å².